The van der Waals surface area contributed by atoms with Crippen LogP contribution in [-0.4, -0.2) is 11.6 Å². The molecule has 0 saturated heterocycles. The molecule has 0 amide bonds. The first-order valence-corrected chi connectivity index (χ1v) is 25.3. The molecule has 0 aromatic carbocycles. The Labute approximate surface area is 376 Å². The summed E-state index contributed by atoms with van der Waals surface area (Å²) in [7, 11) is 0. The zero-order valence-electron chi connectivity index (χ0n) is 36.5. The Morgan fingerprint density at radius 2 is 0.417 bits per heavy atom. The third kappa shape index (κ3) is 8.53. The van der Waals surface area contributed by atoms with Crippen LogP contribution in [0, 0.1) is 67.0 Å². The molecule has 0 spiro atoms. The maximum Gasteiger partial charge on any atom is 0.186 e. The Hall–Kier alpha value is -3.76. The smallest absolute Gasteiger partial charge is 0.186 e. The molecule has 0 atom stereocenters. The van der Waals surface area contributed by atoms with E-state index in [2.05, 4.69) is 180 Å². The highest BCUT2D eigenvalue weighted by Crippen LogP contribution is 2.40. The number of thiophene rings is 6. The van der Waals surface area contributed by atoms with Crippen molar-refractivity contribution in [1.82, 2.24) is 0 Å². The van der Waals surface area contributed by atoms with E-state index >= 15 is 0 Å². The molecule has 6 aromatic heterocycles. The lowest BCUT2D eigenvalue weighted by molar-refractivity contribution is -0.114. The Morgan fingerprint density at radius 3 is 0.583 bits per heavy atom. The van der Waals surface area contributed by atoms with E-state index in [-0.39, 0.29) is 33.2 Å². The number of hydrogen-bond acceptors (Lipinski definition) is 8. The van der Waals surface area contributed by atoms with Gasteiger partial charge in [0, 0.05) is 76.7 Å². The van der Waals surface area contributed by atoms with Crippen molar-refractivity contribution in [2.24, 2.45) is 21.7 Å². The van der Waals surface area contributed by atoms with Crippen LogP contribution in [0.15, 0.2) is 119 Å². The van der Waals surface area contributed by atoms with E-state index in [9.17, 15) is 9.59 Å². The third-order valence-corrected chi connectivity index (χ3v) is 18.4. The summed E-state index contributed by atoms with van der Waals surface area (Å²) >= 11 is 11.0. The SMILES string of the molecule is CC(C)(C)C1=CC(=c2cc/c(=c3\cc/c(=c4\cc/c(=c5\cc/c(=c6\cc/c(=c7\ccc(=C8C=C(C(C)(C)C)C(=O)C(C(C)(C)C)=C8)s7)s6)s5)s4)s3)s2)C=C(C(C)(C)C)C1=O. The first-order valence-electron chi connectivity index (χ1n) is 20.4. The van der Waals surface area contributed by atoms with E-state index in [0.717, 1.165) is 33.4 Å². The van der Waals surface area contributed by atoms with Gasteiger partial charge >= 0.3 is 0 Å². The number of allylic oxidation sites excluding steroid dienone is 8. The molecule has 6 aromatic rings. The van der Waals surface area contributed by atoms with Gasteiger partial charge in [-0.25, -0.2) is 0 Å². The van der Waals surface area contributed by atoms with Crippen molar-refractivity contribution in [1.29, 1.82) is 0 Å². The van der Waals surface area contributed by atoms with Crippen molar-refractivity contribution >= 4 is 90.7 Å². The largest absolute Gasteiger partial charge is 0.289 e. The van der Waals surface area contributed by atoms with Crippen LogP contribution in [0.4, 0.5) is 0 Å². The molecule has 0 unspecified atom stereocenters. The van der Waals surface area contributed by atoms with E-state index in [0.29, 0.717) is 0 Å². The molecule has 0 N–H and O–H groups in total. The Balaban J connectivity index is 1.19. The Morgan fingerprint density at radius 1 is 0.267 bits per heavy atom. The number of carbonyl (C=O) groups is 2. The maximum atomic E-state index is 13.5. The highest BCUT2D eigenvalue weighted by atomic mass is 32.1. The molecule has 2 aliphatic rings. The summed E-state index contributed by atoms with van der Waals surface area (Å²) in [5, 5.41) is 0. The molecule has 0 radical (unpaired) electrons. The zero-order chi connectivity index (χ0) is 43.1. The zero-order valence-corrected chi connectivity index (χ0v) is 41.4. The fourth-order valence-electron chi connectivity index (χ4n) is 7.43. The van der Waals surface area contributed by atoms with Gasteiger partial charge in [-0.05, 0) is 130 Å². The van der Waals surface area contributed by atoms with Crippen LogP contribution in [-0.2, 0) is 9.59 Å². The summed E-state index contributed by atoms with van der Waals surface area (Å²) < 4.78 is 15.1. The molecule has 2 nitrogen and oxygen atoms in total. The second-order valence-corrected chi connectivity index (χ2v) is 26.3. The minimum Gasteiger partial charge on any atom is -0.289 e. The fourth-order valence-corrected chi connectivity index (χ4v) is 13.9. The van der Waals surface area contributed by atoms with Crippen molar-refractivity contribution in [3.8, 4) is 0 Å². The molecule has 8 rings (SSSR count). The van der Waals surface area contributed by atoms with Crippen molar-refractivity contribution in [2.75, 3.05) is 0 Å². The van der Waals surface area contributed by atoms with Crippen LogP contribution in [0.25, 0.3) is 11.1 Å². The molecular weight excluding hydrogens is 849 g/mol. The van der Waals surface area contributed by atoms with Gasteiger partial charge in [-0.3, -0.25) is 9.59 Å². The molecule has 0 saturated carbocycles. The van der Waals surface area contributed by atoms with Crippen molar-refractivity contribution in [2.45, 2.75) is 83.1 Å². The summed E-state index contributed by atoms with van der Waals surface area (Å²) in [6, 6.07) is 26.9. The predicted octanol–water partition coefficient (Wildman–Crippen LogP) is 13.8. The average Bonchev–Trinajstić information content (AvgIpc) is 3.98. The van der Waals surface area contributed by atoms with Gasteiger partial charge in [0.1, 0.15) is 0 Å². The maximum absolute atomic E-state index is 13.5. The highest BCUT2D eigenvalue weighted by molar-refractivity contribution is 7.15. The van der Waals surface area contributed by atoms with Gasteiger partial charge in [-0.2, -0.15) is 0 Å². The van der Waals surface area contributed by atoms with Crippen LogP contribution in [0.5, 0.6) is 0 Å². The number of ketones is 2. The number of rotatable bonds is 0. The van der Waals surface area contributed by atoms with E-state index in [4.69, 9.17) is 0 Å². The molecule has 308 valence electrons. The van der Waals surface area contributed by atoms with Crippen LogP contribution >= 0.6 is 68.0 Å². The third-order valence-electron chi connectivity index (χ3n) is 10.8. The molecular formula is C52H52O2S6. The molecule has 2 aliphatic carbocycles. The number of hydrogen-bond donors (Lipinski definition) is 0. The molecule has 0 bridgehead atoms. The lowest BCUT2D eigenvalue weighted by Gasteiger charge is -2.31. The monoisotopic (exact) mass is 900 g/mol. The Bertz CT molecular complexity index is 3190. The quantitative estimate of drug-likeness (QED) is 0.152. The molecule has 0 fully saturated rings. The molecule has 0 aliphatic heterocycles. The van der Waals surface area contributed by atoms with E-state index in [1.165, 1.54) is 54.4 Å². The summed E-state index contributed by atoms with van der Waals surface area (Å²) in [5.41, 5.74) is 4.87. The first-order chi connectivity index (χ1) is 28.0. The molecule has 60 heavy (non-hydrogen) atoms. The Kier molecular flexibility index (Phi) is 11.1. The first kappa shape index (κ1) is 42.9. The molecule has 6 heterocycles. The summed E-state index contributed by atoms with van der Waals surface area (Å²) in [6.07, 6.45) is 8.48. The predicted molar refractivity (Wildman–Crippen MR) is 261 cm³/mol. The van der Waals surface area contributed by atoms with E-state index in [1.54, 1.807) is 22.7 Å². The van der Waals surface area contributed by atoms with Gasteiger partial charge < -0.3 is 0 Å². The topological polar surface area (TPSA) is 34.1 Å². The second-order valence-electron chi connectivity index (χ2n) is 19.8. The normalized spacial score (nSPS) is 18.7. The minimum absolute atomic E-state index is 0.173. The minimum atomic E-state index is -0.229. The molecule has 8 heteroatoms. The average molecular weight is 901 g/mol. The fraction of sp³-hybridized carbons (Fsp3) is 0.308. The summed E-state index contributed by atoms with van der Waals surface area (Å²) in [5.74, 6) is 0.347. The summed E-state index contributed by atoms with van der Waals surface area (Å²) in [6.45, 7) is 25.6. The number of carbonyl (C=O) groups excluding carboxylic acids is 2. The van der Waals surface area contributed by atoms with Gasteiger partial charge in [-0.15, -0.1) is 68.0 Å². The van der Waals surface area contributed by atoms with Crippen molar-refractivity contribution in [3.05, 3.63) is 174 Å². The second kappa shape index (κ2) is 15.5. The van der Waals surface area contributed by atoms with Crippen LogP contribution < -0.4 is 9.06 Å². The van der Waals surface area contributed by atoms with Gasteiger partial charge in [0.2, 0.25) is 0 Å². The van der Waals surface area contributed by atoms with Crippen molar-refractivity contribution < 1.29 is 9.59 Å². The highest BCUT2D eigenvalue weighted by Gasteiger charge is 2.35. The van der Waals surface area contributed by atoms with Crippen LogP contribution in [0.3, 0.4) is 0 Å². The lowest BCUT2D eigenvalue weighted by atomic mass is 9.72. The van der Waals surface area contributed by atoms with Gasteiger partial charge in [0.15, 0.2) is 11.6 Å². The van der Waals surface area contributed by atoms with E-state index in [1.807, 2.05) is 45.3 Å². The van der Waals surface area contributed by atoms with Crippen molar-refractivity contribution in [3.63, 3.8) is 0 Å². The summed E-state index contributed by atoms with van der Waals surface area (Å²) in [4.78, 5) is 27.0. The standard InChI is InChI=1S/C52H52O2S6/c1-49(2,3)31-25-29(26-32(47(31)53)50(4,5)6)35-13-15-37(55-35)39-17-19-41(57-39)43-21-23-45(59-43)46-24-22-44(60-46)42-20-18-40(58-42)38-16-14-36(56-38)30-27-33(51(7,8)9)48(54)34(28-30)52(10,11)12/h13-28H,1-12H3/b39-37-,40-38-,43-41-,44-42-,46-45-. The van der Waals surface area contributed by atoms with Crippen LogP contribution in [0.2, 0.25) is 0 Å². The van der Waals surface area contributed by atoms with Gasteiger partial charge in [0.25, 0.3) is 0 Å². The lowest BCUT2D eigenvalue weighted by Crippen LogP contribution is -2.28. The van der Waals surface area contributed by atoms with Gasteiger partial charge in [0.05, 0.1) is 0 Å². The van der Waals surface area contributed by atoms with Crippen LogP contribution in [0.1, 0.15) is 83.1 Å². The van der Waals surface area contributed by atoms with Gasteiger partial charge in [-0.1, -0.05) is 83.1 Å². The number of Topliss-reactive ketones (excluding diaryl/α,β-unsaturated/α-hetero) is 2. The van der Waals surface area contributed by atoms with E-state index < -0.39 is 0 Å².